The molecule has 38 heavy (non-hydrogen) atoms. The van der Waals surface area contributed by atoms with Gasteiger partial charge in [-0.25, -0.2) is 4.39 Å². The molecule has 5 rings (SSSR count). The molecular weight excluding hydrogens is 500 g/mol. The Labute approximate surface area is 219 Å². The molecule has 11 heteroatoms. The van der Waals surface area contributed by atoms with Gasteiger partial charge in [0.25, 0.3) is 0 Å². The molecule has 4 heterocycles. The van der Waals surface area contributed by atoms with Gasteiger partial charge in [-0.3, -0.25) is 9.88 Å². The van der Waals surface area contributed by atoms with Crippen molar-refractivity contribution in [1.29, 1.82) is 0 Å². The van der Waals surface area contributed by atoms with Gasteiger partial charge in [0.05, 0.1) is 36.9 Å². The van der Waals surface area contributed by atoms with Gasteiger partial charge in [-0.2, -0.15) is 13.2 Å². The van der Waals surface area contributed by atoms with E-state index in [1.54, 1.807) is 17.0 Å². The van der Waals surface area contributed by atoms with Gasteiger partial charge in [0.1, 0.15) is 18.0 Å². The summed E-state index contributed by atoms with van der Waals surface area (Å²) < 4.78 is 63.8. The zero-order valence-corrected chi connectivity index (χ0v) is 21.5. The lowest BCUT2D eigenvalue weighted by molar-refractivity contribution is -0.138. The normalized spacial score (nSPS) is 19.8. The lowest BCUT2D eigenvalue weighted by atomic mass is 9.83. The molecule has 0 spiro atoms. The molecule has 7 nitrogen and oxygen atoms in total. The molecule has 2 aliphatic rings. The Hall–Kier alpha value is -3.05. The molecule has 2 aromatic heterocycles. The highest BCUT2D eigenvalue weighted by Crippen LogP contribution is 2.37. The summed E-state index contributed by atoms with van der Waals surface area (Å²) in [6, 6.07) is 5.65. The number of nitrogens with zero attached hydrogens (tertiary/aromatic N) is 5. The van der Waals surface area contributed by atoms with E-state index in [0.29, 0.717) is 48.3 Å². The van der Waals surface area contributed by atoms with Gasteiger partial charge in [0.15, 0.2) is 0 Å². The third-order valence-electron chi connectivity index (χ3n) is 7.38. The van der Waals surface area contributed by atoms with Crippen molar-refractivity contribution in [3.8, 4) is 0 Å². The summed E-state index contributed by atoms with van der Waals surface area (Å²) in [5.74, 6) is 0.556. The second kappa shape index (κ2) is 11.0. The van der Waals surface area contributed by atoms with E-state index in [1.165, 1.54) is 24.4 Å². The lowest BCUT2D eigenvalue weighted by Crippen LogP contribution is -2.35. The molecule has 3 aromatic rings. The van der Waals surface area contributed by atoms with E-state index in [1.807, 2.05) is 7.05 Å². The summed E-state index contributed by atoms with van der Waals surface area (Å²) >= 11 is 0. The molecule has 2 aliphatic heterocycles. The Morgan fingerprint density at radius 2 is 2.00 bits per heavy atom. The van der Waals surface area contributed by atoms with Gasteiger partial charge in [0.2, 0.25) is 0 Å². The van der Waals surface area contributed by atoms with Crippen molar-refractivity contribution in [2.45, 2.75) is 44.9 Å². The number of hydrogen-bond donors (Lipinski definition) is 1. The van der Waals surface area contributed by atoms with E-state index in [-0.39, 0.29) is 24.1 Å². The highest BCUT2D eigenvalue weighted by Gasteiger charge is 2.36. The third kappa shape index (κ3) is 5.99. The maximum absolute atomic E-state index is 14.7. The standard InChI is InChI=1S/C27H32F4N6O/c1-17-4-3-5-37(12-17)13-18-6-23(27(29,30)31)24(33-10-18)11-32-22-8-19(7-21(28)9-22)25(20-14-38-15-20)26-35-34-16-36(26)2/h6-10,16-17,20,25,32H,3-5,11-15H2,1-2H3/t17-,25?/m0/s1. The Kier molecular flexibility index (Phi) is 7.67. The molecule has 1 N–H and O–H groups in total. The molecule has 0 radical (unpaired) electrons. The van der Waals surface area contributed by atoms with Crippen molar-refractivity contribution in [2.24, 2.45) is 18.9 Å². The first-order valence-electron chi connectivity index (χ1n) is 12.9. The molecule has 0 aliphatic carbocycles. The minimum absolute atomic E-state index is 0.0986. The van der Waals surface area contributed by atoms with Crippen LogP contribution >= 0.6 is 0 Å². The Morgan fingerprint density at radius 3 is 2.66 bits per heavy atom. The monoisotopic (exact) mass is 532 g/mol. The van der Waals surface area contributed by atoms with E-state index in [2.05, 4.69) is 32.3 Å². The molecule has 0 amide bonds. The Morgan fingerprint density at radius 1 is 1.18 bits per heavy atom. The molecule has 0 bridgehead atoms. The minimum atomic E-state index is -4.55. The van der Waals surface area contributed by atoms with Gasteiger partial charge < -0.3 is 14.6 Å². The van der Waals surface area contributed by atoms with Crippen LogP contribution in [0.15, 0.2) is 36.8 Å². The predicted octanol–water partition coefficient (Wildman–Crippen LogP) is 4.99. The zero-order chi connectivity index (χ0) is 26.9. The Bertz CT molecular complexity index is 1260. The van der Waals surface area contributed by atoms with Crippen LogP contribution in [0.5, 0.6) is 0 Å². The van der Waals surface area contributed by atoms with Crippen LogP contribution in [-0.2, 0) is 31.1 Å². The topological polar surface area (TPSA) is 68.1 Å². The van der Waals surface area contributed by atoms with Gasteiger partial charge in [-0.05, 0) is 60.7 Å². The van der Waals surface area contributed by atoms with Crippen molar-refractivity contribution < 1.29 is 22.3 Å². The first kappa shape index (κ1) is 26.6. The number of rotatable bonds is 8. The number of aryl methyl sites for hydroxylation is 1. The van der Waals surface area contributed by atoms with E-state index < -0.39 is 17.6 Å². The Balaban J connectivity index is 1.36. The number of benzene rings is 1. The molecular formula is C27H32F4N6O. The van der Waals surface area contributed by atoms with Crippen molar-refractivity contribution in [3.05, 3.63) is 70.8 Å². The van der Waals surface area contributed by atoms with Gasteiger partial charge in [-0.15, -0.1) is 10.2 Å². The van der Waals surface area contributed by atoms with E-state index in [4.69, 9.17) is 4.74 Å². The summed E-state index contributed by atoms with van der Waals surface area (Å²) in [5.41, 5.74) is 0.669. The molecule has 1 aromatic carbocycles. The second-order valence-corrected chi connectivity index (χ2v) is 10.5. The smallest absolute Gasteiger partial charge is 0.381 e. The summed E-state index contributed by atoms with van der Waals surface area (Å²) in [5, 5.41) is 11.1. The third-order valence-corrected chi connectivity index (χ3v) is 7.38. The van der Waals surface area contributed by atoms with Gasteiger partial charge >= 0.3 is 6.18 Å². The molecule has 1 unspecified atom stereocenters. The highest BCUT2D eigenvalue weighted by molar-refractivity contribution is 5.49. The second-order valence-electron chi connectivity index (χ2n) is 10.5. The van der Waals surface area contributed by atoms with Crippen molar-refractivity contribution >= 4 is 5.69 Å². The van der Waals surface area contributed by atoms with Gasteiger partial charge in [0, 0.05) is 37.9 Å². The summed E-state index contributed by atoms with van der Waals surface area (Å²) in [6.07, 6.45) is 0.735. The molecule has 0 saturated carbocycles. The van der Waals surface area contributed by atoms with Crippen molar-refractivity contribution in [2.75, 3.05) is 31.6 Å². The average Bonchev–Trinajstić information content (AvgIpc) is 3.24. The fourth-order valence-corrected chi connectivity index (χ4v) is 5.43. The number of alkyl halides is 3. The molecule has 2 atom stereocenters. The summed E-state index contributed by atoms with van der Waals surface area (Å²) in [4.78, 5) is 6.37. The van der Waals surface area contributed by atoms with Crippen molar-refractivity contribution in [3.63, 3.8) is 0 Å². The highest BCUT2D eigenvalue weighted by atomic mass is 19.4. The van der Waals surface area contributed by atoms with Crippen molar-refractivity contribution in [1.82, 2.24) is 24.6 Å². The molecule has 2 fully saturated rings. The zero-order valence-electron chi connectivity index (χ0n) is 21.5. The maximum Gasteiger partial charge on any atom is 0.418 e. The fourth-order valence-electron chi connectivity index (χ4n) is 5.43. The van der Waals surface area contributed by atoms with Crippen LogP contribution in [0.3, 0.4) is 0 Å². The average molecular weight is 533 g/mol. The number of likely N-dealkylation sites (tertiary alicyclic amines) is 1. The SMILES string of the molecule is C[C@H]1CCCN(Cc2cnc(CNc3cc(F)cc(C(c4nncn4C)C4COC4)c3)c(C(F)(F)F)c2)C1. The maximum atomic E-state index is 14.7. The van der Waals surface area contributed by atoms with Crippen LogP contribution in [-0.4, -0.2) is 51.0 Å². The van der Waals surface area contributed by atoms with Gasteiger partial charge in [-0.1, -0.05) is 6.92 Å². The first-order chi connectivity index (χ1) is 18.2. The largest absolute Gasteiger partial charge is 0.418 e. The van der Waals surface area contributed by atoms with E-state index in [9.17, 15) is 17.6 Å². The predicted molar refractivity (Wildman–Crippen MR) is 134 cm³/mol. The van der Waals surface area contributed by atoms with E-state index in [0.717, 1.165) is 25.9 Å². The number of ether oxygens (including phenoxy) is 1. The lowest BCUT2D eigenvalue weighted by Gasteiger charge is -2.33. The number of hydrogen-bond acceptors (Lipinski definition) is 6. The fraction of sp³-hybridized carbons (Fsp3) is 0.519. The van der Waals surface area contributed by atoms with Crippen LogP contribution in [0.25, 0.3) is 0 Å². The van der Waals surface area contributed by atoms with Crippen LogP contribution in [0.1, 0.15) is 53.9 Å². The summed E-state index contributed by atoms with van der Waals surface area (Å²) in [7, 11) is 1.82. The molecule has 204 valence electrons. The number of nitrogens with one attached hydrogen (secondary N) is 1. The van der Waals surface area contributed by atoms with Crippen LogP contribution in [0.4, 0.5) is 23.2 Å². The number of piperidine rings is 1. The number of aromatic nitrogens is 4. The number of anilines is 1. The summed E-state index contributed by atoms with van der Waals surface area (Å²) in [6.45, 7) is 5.17. The van der Waals surface area contributed by atoms with Crippen LogP contribution in [0.2, 0.25) is 0 Å². The quantitative estimate of drug-likeness (QED) is 0.413. The minimum Gasteiger partial charge on any atom is -0.381 e. The number of pyridine rings is 1. The first-order valence-corrected chi connectivity index (χ1v) is 12.9. The van der Waals surface area contributed by atoms with Crippen LogP contribution < -0.4 is 5.32 Å². The molecule has 2 saturated heterocycles. The van der Waals surface area contributed by atoms with Crippen LogP contribution in [0, 0.1) is 17.7 Å². The number of halogens is 4. The van der Waals surface area contributed by atoms with E-state index >= 15 is 0 Å².